The molecule has 0 aliphatic carbocycles. The molecule has 0 bridgehead atoms. The van der Waals surface area contributed by atoms with Gasteiger partial charge < -0.3 is 38.3 Å². The molecular formula is C27H20O10. The molecule has 0 amide bonds. The molecule has 37 heavy (non-hydrogen) atoms. The topological polar surface area (TPSA) is 134 Å². The number of carbonyl (C=O) groups is 1. The molecule has 2 aliphatic rings. The third-order valence-corrected chi connectivity index (χ3v) is 6.47. The molecule has 10 nitrogen and oxygen atoms in total. The van der Waals surface area contributed by atoms with Crippen LogP contribution in [-0.4, -0.2) is 37.2 Å². The lowest BCUT2D eigenvalue weighted by molar-refractivity contribution is -0.135. The van der Waals surface area contributed by atoms with Gasteiger partial charge in [-0.2, -0.15) is 0 Å². The number of phenolic OH excluding ortho intramolecular Hbond substituents is 2. The number of esters is 1. The number of fused-ring (bicyclic) bond motifs is 4. The minimum atomic E-state index is -0.620. The summed E-state index contributed by atoms with van der Waals surface area (Å²) in [6.07, 6.45) is -0.0626. The summed E-state index contributed by atoms with van der Waals surface area (Å²) >= 11 is 0. The summed E-state index contributed by atoms with van der Waals surface area (Å²) < 4.78 is 33.2. The van der Waals surface area contributed by atoms with Crippen LogP contribution in [0.3, 0.4) is 0 Å². The van der Waals surface area contributed by atoms with E-state index in [-0.39, 0.29) is 52.9 Å². The third kappa shape index (κ3) is 3.56. The fourth-order valence-corrected chi connectivity index (χ4v) is 4.78. The lowest BCUT2D eigenvalue weighted by Gasteiger charge is -2.26. The molecule has 2 aliphatic heterocycles. The molecule has 0 saturated heterocycles. The zero-order valence-corrected chi connectivity index (χ0v) is 19.7. The van der Waals surface area contributed by atoms with Crippen molar-refractivity contribution in [3.8, 4) is 51.6 Å². The average molecular weight is 504 g/mol. The first-order valence-electron chi connectivity index (χ1n) is 11.3. The van der Waals surface area contributed by atoms with Gasteiger partial charge in [-0.15, -0.1) is 0 Å². The van der Waals surface area contributed by atoms with Gasteiger partial charge >= 0.3 is 5.97 Å². The lowest BCUT2D eigenvalue weighted by Crippen LogP contribution is -2.22. The van der Waals surface area contributed by atoms with Gasteiger partial charge in [-0.3, -0.25) is 9.59 Å². The molecule has 0 saturated carbocycles. The predicted octanol–water partition coefficient (Wildman–Crippen LogP) is 4.06. The fraction of sp³-hybridized carbons (Fsp3) is 0.185. The van der Waals surface area contributed by atoms with Crippen LogP contribution < -0.4 is 29.1 Å². The number of carbonyl (C=O) groups excluding carboxylic acids is 1. The van der Waals surface area contributed by atoms with Gasteiger partial charge in [0, 0.05) is 29.2 Å². The van der Waals surface area contributed by atoms with Crippen LogP contribution in [0.25, 0.3) is 22.3 Å². The summed E-state index contributed by atoms with van der Waals surface area (Å²) in [5, 5.41) is 20.9. The minimum Gasteiger partial charge on any atom is -0.507 e. The zero-order valence-electron chi connectivity index (χ0n) is 19.7. The maximum atomic E-state index is 13.2. The summed E-state index contributed by atoms with van der Waals surface area (Å²) in [5.74, 6) is 0.125. The van der Waals surface area contributed by atoms with E-state index in [9.17, 15) is 19.8 Å². The summed E-state index contributed by atoms with van der Waals surface area (Å²) in [7, 11) is 2.92. The number of hydrogen-bond donors (Lipinski definition) is 2. The van der Waals surface area contributed by atoms with Gasteiger partial charge in [0.25, 0.3) is 0 Å². The van der Waals surface area contributed by atoms with Crippen LogP contribution in [0.2, 0.25) is 0 Å². The largest absolute Gasteiger partial charge is 0.507 e. The number of rotatable bonds is 4. The van der Waals surface area contributed by atoms with Crippen LogP contribution in [-0.2, 0) is 4.79 Å². The van der Waals surface area contributed by atoms with E-state index in [2.05, 4.69) is 0 Å². The van der Waals surface area contributed by atoms with E-state index in [0.29, 0.717) is 33.9 Å². The van der Waals surface area contributed by atoms with Crippen LogP contribution in [0.15, 0.2) is 51.7 Å². The Morgan fingerprint density at radius 2 is 1.70 bits per heavy atom. The van der Waals surface area contributed by atoms with Gasteiger partial charge in [-0.25, -0.2) is 0 Å². The first-order valence-corrected chi connectivity index (χ1v) is 11.3. The van der Waals surface area contributed by atoms with Crippen molar-refractivity contribution in [2.24, 2.45) is 0 Å². The second kappa shape index (κ2) is 8.37. The van der Waals surface area contributed by atoms with E-state index in [1.165, 1.54) is 38.5 Å². The standard InChI is InChI=1S/C27H20O10/c1-32-18-4-3-12(5-15(18)28)19-9-16(29)25-17(30)10-20-24(27(25)37-19)14(8-23(31)36-20)13-6-21(33-2)26-22(7-13)34-11-35-26/h3-7,9-10,14,28,30H,8,11H2,1-2H3/t14-/m0/s1. The molecule has 6 rings (SSSR count). The smallest absolute Gasteiger partial charge is 0.312 e. The highest BCUT2D eigenvalue weighted by molar-refractivity contribution is 5.93. The summed E-state index contributed by atoms with van der Waals surface area (Å²) in [6, 6.07) is 10.5. The predicted molar refractivity (Wildman–Crippen MR) is 129 cm³/mol. The first kappa shape index (κ1) is 22.6. The Balaban J connectivity index is 1.61. The van der Waals surface area contributed by atoms with Crippen LogP contribution in [0.1, 0.15) is 23.5 Å². The van der Waals surface area contributed by atoms with Crippen molar-refractivity contribution in [3.63, 3.8) is 0 Å². The molecule has 0 unspecified atom stereocenters. The first-order chi connectivity index (χ1) is 17.9. The maximum Gasteiger partial charge on any atom is 0.312 e. The molecule has 2 N–H and O–H groups in total. The Morgan fingerprint density at radius 3 is 2.46 bits per heavy atom. The van der Waals surface area contributed by atoms with Crippen molar-refractivity contribution < 1.29 is 43.1 Å². The number of phenols is 2. The van der Waals surface area contributed by atoms with E-state index >= 15 is 0 Å². The van der Waals surface area contributed by atoms with E-state index in [0.717, 1.165) is 0 Å². The average Bonchev–Trinajstić information content (AvgIpc) is 3.36. The van der Waals surface area contributed by atoms with Crippen LogP contribution in [0.5, 0.6) is 40.2 Å². The molecule has 4 aromatic rings. The molecule has 10 heteroatoms. The van der Waals surface area contributed by atoms with Crippen LogP contribution in [0.4, 0.5) is 0 Å². The van der Waals surface area contributed by atoms with Crippen molar-refractivity contribution in [1.29, 1.82) is 0 Å². The molecule has 3 aromatic carbocycles. The number of benzene rings is 3. The number of hydrogen-bond acceptors (Lipinski definition) is 10. The Bertz CT molecular complexity index is 1650. The van der Waals surface area contributed by atoms with E-state index in [4.69, 9.17) is 28.1 Å². The Hall–Kier alpha value is -4.86. The van der Waals surface area contributed by atoms with Gasteiger partial charge in [0.1, 0.15) is 28.2 Å². The maximum absolute atomic E-state index is 13.2. The highest BCUT2D eigenvalue weighted by Crippen LogP contribution is 2.50. The monoisotopic (exact) mass is 504 g/mol. The van der Waals surface area contributed by atoms with Crippen LogP contribution >= 0.6 is 0 Å². The molecule has 0 radical (unpaired) electrons. The van der Waals surface area contributed by atoms with E-state index in [1.807, 2.05) is 0 Å². The van der Waals surface area contributed by atoms with Crippen molar-refractivity contribution >= 4 is 16.9 Å². The van der Waals surface area contributed by atoms with Gasteiger partial charge in [0.05, 0.1) is 20.6 Å². The molecule has 3 heterocycles. The molecule has 0 fully saturated rings. The van der Waals surface area contributed by atoms with E-state index < -0.39 is 17.3 Å². The second-order valence-corrected chi connectivity index (χ2v) is 8.56. The summed E-state index contributed by atoms with van der Waals surface area (Å²) in [6.45, 7) is 0.0299. The molecule has 1 atom stereocenters. The molecular weight excluding hydrogens is 484 g/mol. The van der Waals surface area contributed by atoms with Crippen molar-refractivity contribution in [2.45, 2.75) is 12.3 Å². The third-order valence-electron chi connectivity index (χ3n) is 6.47. The Kier molecular flexibility index (Phi) is 5.11. The fourth-order valence-electron chi connectivity index (χ4n) is 4.78. The van der Waals surface area contributed by atoms with Gasteiger partial charge in [0.2, 0.25) is 12.5 Å². The van der Waals surface area contributed by atoms with Gasteiger partial charge in [-0.05, 0) is 35.9 Å². The highest BCUT2D eigenvalue weighted by atomic mass is 16.7. The lowest BCUT2D eigenvalue weighted by atomic mass is 9.84. The highest BCUT2D eigenvalue weighted by Gasteiger charge is 2.35. The summed E-state index contributed by atoms with van der Waals surface area (Å²) in [5.41, 5.74) is 1.00. The SMILES string of the molecule is COc1ccc(-c2cc(=O)c3c(O)cc4c(c3o2)[C@H](c2cc(OC)c3c(c2)OCO3)CC(=O)O4)cc1O. The number of ether oxygens (including phenoxy) is 5. The minimum absolute atomic E-state index is 0.0299. The number of aromatic hydroxyl groups is 2. The number of methoxy groups -OCH3 is 2. The quantitative estimate of drug-likeness (QED) is 0.310. The normalized spacial score (nSPS) is 15.8. The molecule has 0 spiro atoms. The van der Waals surface area contributed by atoms with Gasteiger partial charge in [-0.1, -0.05) is 0 Å². The zero-order chi connectivity index (χ0) is 25.8. The van der Waals surface area contributed by atoms with Crippen molar-refractivity contribution in [1.82, 2.24) is 0 Å². The van der Waals surface area contributed by atoms with E-state index in [1.54, 1.807) is 18.2 Å². The molecule has 1 aromatic heterocycles. The van der Waals surface area contributed by atoms with Gasteiger partial charge in [0.15, 0.2) is 28.4 Å². The Morgan fingerprint density at radius 1 is 0.892 bits per heavy atom. The second-order valence-electron chi connectivity index (χ2n) is 8.56. The molecule has 188 valence electrons. The van der Waals surface area contributed by atoms with Crippen molar-refractivity contribution in [3.05, 3.63) is 63.8 Å². The Labute approximate surface area is 209 Å². The van der Waals surface area contributed by atoms with Crippen molar-refractivity contribution in [2.75, 3.05) is 21.0 Å². The van der Waals surface area contributed by atoms with Crippen LogP contribution in [0, 0.1) is 0 Å². The summed E-state index contributed by atoms with van der Waals surface area (Å²) in [4.78, 5) is 25.8.